The fourth-order valence-corrected chi connectivity index (χ4v) is 4.99. The van der Waals surface area contributed by atoms with Crippen LogP contribution in [-0.4, -0.2) is 34.0 Å². The maximum absolute atomic E-state index is 14.0. The molecule has 5 rings (SSSR count). The molecule has 1 heterocycles. The van der Waals surface area contributed by atoms with Crippen molar-refractivity contribution in [2.45, 2.75) is 24.3 Å². The lowest BCUT2D eigenvalue weighted by atomic mass is 9.66. The third kappa shape index (κ3) is 2.86. The second kappa shape index (κ2) is 7.16. The number of nitro benzene ring substituents is 1. The first-order chi connectivity index (χ1) is 15.0. The summed E-state index contributed by atoms with van der Waals surface area (Å²) in [5, 5.41) is 17.8. The average Bonchev–Trinajstić information content (AvgIpc) is 3.10. The number of carbonyl (C=O) groups excluding carboxylic acids is 1. The van der Waals surface area contributed by atoms with Gasteiger partial charge in [0, 0.05) is 24.7 Å². The molecule has 0 fully saturated rings. The molecule has 0 saturated heterocycles. The highest BCUT2D eigenvalue weighted by molar-refractivity contribution is 6.16. The number of fused-ring (bicyclic) bond motifs is 1. The van der Waals surface area contributed by atoms with Gasteiger partial charge in [-0.15, -0.1) is 0 Å². The largest absolute Gasteiger partial charge is 0.291 e. The summed E-state index contributed by atoms with van der Waals surface area (Å²) >= 11 is 0. The van der Waals surface area contributed by atoms with Gasteiger partial charge in [-0.25, -0.2) is 0 Å². The van der Waals surface area contributed by atoms with E-state index in [9.17, 15) is 14.9 Å². The molecule has 1 aliphatic heterocycles. The summed E-state index contributed by atoms with van der Waals surface area (Å²) in [6.45, 7) is 0. The molecule has 3 aromatic carbocycles. The molecule has 1 spiro atoms. The Labute approximate surface area is 180 Å². The monoisotopic (exact) mass is 411 g/mol. The van der Waals surface area contributed by atoms with Crippen LogP contribution in [0, 0.1) is 10.1 Å². The smallest absolute Gasteiger partial charge is 0.269 e. The van der Waals surface area contributed by atoms with Gasteiger partial charge in [0.05, 0.1) is 16.6 Å². The molecule has 0 bridgehead atoms. The van der Waals surface area contributed by atoms with Crippen LogP contribution in [0.4, 0.5) is 5.69 Å². The molecule has 6 nitrogen and oxygen atoms in total. The van der Waals surface area contributed by atoms with E-state index >= 15 is 0 Å². The lowest BCUT2D eigenvalue weighted by Crippen LogP contribution is -2.55. The summed E-state index contributed by atoms with van der Waals surface area (Å²) in [4.78, 5) is 24.6. The number of ketones is 1. The fourth-order valence-electron chi connectivity index (χ4n) is 4.99. The lowest BCUT2D eigenvalue weighted by molar-refractivity contribution is -0.384. The first-order valence-corrected chi connectivity index (χ1v) is 10.3. The maximum atomic E-state index is 14.0. The summed E-state index contributed by atoms with van der Waals surface area (Å²) in [7, 11) is 1.86. The average molecular weight is 411 g/mol. The zero-order chi connectivity index (χ0) is 21.6. The van der Waals surface area contributed by atoms with Crippen LogP contribution in [0.15, 0.2) is 84.0 Å². The van der Waals surface area contributed by atoms with Gasteiger partial charge in [0.1, 0.15) is 5.54 Å². The Morgan fingerprint density at radius 1 is 1.00 bits per heavy atom. The van der Waals surface area contributed by atoms with Gasteiger partial charge in [-0.05, 0) is 41.7 Å². The minimum Gasteiger partial charge on any atom is -0.291 e. The molecule has 2 atom stereocenters. The van der Waals surface area contributed by atoms with Crippen molar-refractivity contribution in [2.24, 2.45) is 5.10 Å². The number of rotatable bonds is 3. The molecule has 2 aliphatic rings. The van der Waals surface area contributed by atoms with Crippen LogP contribution in [0.25, 0.3) is 0 Å². The van der Waals surface area contributed by atoms with Crippen LogP contribution in [0.3, 0.4) is 0 Å². The van der Waals surface area contributed by atoms with Gasteiger partial charge in [0.2, 0.25) is 0 Å². The zero-order valence-electron chi connectivity index (χ0n) is 17.1. The molecule has 0 radical (unpaired) electrons. The molecule has 0 amide bonds. The van der Waals surface area contributed by atoms with Crippen molar-refractivity contribution in [1.29, 1.82) is 0 Å². The van der Waals surface area contributed by atoms with Crippen LogP contribution >= 0.6 is 0 Å². The van der Waals surface area contributed by atoms with Gasteiger partial charge >= 0.3 is 0 Å². The molecule has 154 valence electrons. The van der Waals surface area contributed by atoms with Crippen LogP contribution in [0.5, 0.6) is 0 Å². The summed E-state index contributed by atoms with van der Waals surface area (Å²) in [5.74, 6) is -0.202. The molecular formula is C25H21N3O3. The number of hydrogen-bond donors (Lipinski definition) is 0. The van der Waals surface area contributed by atoms with Gasteiger partial charge < -0.3 is 0 Å². The topological polar surface area (TPSA) is 75.8 Å². The normalized spacial score (nSPS) is 22.4. The number of nitrogens with zero attached hydrogens (tertiary/aromatic N) is 3. The number of aryl methyl sites for hydroxylation is 1. The Morgan fingerprint density at radius 3 is 2.39 bits per heavy atom. The lowest BCUT2D eigenvalue weighted by Gasteiger charge is -2.42. The van der Waals surface area contributed by atoms with Crippen LogP contribution < -0.4 is 0 Å². The second-order valence-corrected chi connectivity index (χ2v) is 8.07. The van der Waals surface area contributed by atoms with E-state index in [1.54, 1.807) is 12.1 Å². The zero-order valence-corrected chi connectivity index (χ0v) is 17.1. The number of carbonyl (C=O) groups is 1. The van der Waals surface area contributed by atoms with Crippen molar-refractivity contribution in [1.82, 2.24) is 5.01 Å². The summed E-state index contributed by atoms with van der Waals surface area (Å²) in [5.41, 5.74) is 3.59. The Kier molecular flexibility index (Phi) is 4.43. The van der Waals surface area contributed by atoms with Crippen molar-refractivity contribution in [2.75, 3.05) is 7.05 Å². The van der Waals surface area contributed by atoms with Gasteiger partial charge in [0.25, 0.3) is 5.69 Å². The summed E-state index contributed by atoms with van der Waals surface area (Å²) < 4.78 is 0. The Balaban J connectivity index is 1.67. The predicted octanol–water partition coefficient (Wildman–Crippen LogP) is 4.60. The molecule has 0 N–H and O–H groups in total. The number of hydrazone groups is 1. The molecule has 1 aliphatic carbocycles. The van der Waals surface area contributed by atoms with E-state index < -0.39 is 10.5 Å². The highest BCUT2D eigenvalue weighted by Gasteiger charge is 2.57. The van der Waals surface area contributed by atoms with E-state index in [1.165, 1.54) is 12.1 Å². The number of Topliss-reactive ketones (excluding diaryl/α,β-unsaturated/α-hetero) is 1. The third-order valence-corrected chi connectivity index (χ3v) is 6.52. The van der Waals surface area contributed by atoms with E-state index in [4.69, 9.17) is 5.10 Å². The van der Waals surface area contributed by atoms with Crippen molar-refractivity contribution in [3.05, 3.63) is 111 Å². The first-order valence-electron chi connectivity index (χ1n) is 10.3. The molecule has 3 aromatic rings. The minimum absolute atomic E-state index is 0.0318. The molecule has 6 heteroatoms. The van der Waals surface area contributed by atoms with Gasteiger partial charge in [-0.1, -0.05) is 54.6 Å². The van der Waals surface area contributed by atoms with Crippen molar-refractivity contribution >= 4 is 17.2 Å². The standard InChI is InChI=1S/C25H21N3O3/c1-27-25(16-15-17-7-5-6-10-21(17)24(25)29)22(18-8-3-2-4-9-18)23(26-27)19-11-13-20(14-12-19)28(30)31/h2-14,22H,15-16H2,1H3. The van der Waals surface area contributed by atoms with Crippen molar-refractivity contribution in [3.8, 4) is 0 Å². The van der Waals surface area contributed by atoms with Gasteiger partial charge in [0.15, 0.2) is 5.78 Å². The maximum Gasteiger partial charge on any atom is 0.269 e. The van der Waals surface area contributed by atoms with Crippen LogP contribution in [-0.2, 0) is 6.42 Å². The van der Waals surface area contributed by atoms with Crippen molar-refractivity contribution in [3.63, 3.8) is 0 Å². The van der Waals surface area contributed by atoms with Crippen molar-refractivity contribution < 1.29 is 9.72 Å². The number of likely N-dealkylation sites (N-methyl/N-ethyl adjacent to an activating group) is 1. The number of non-ortho nitro benzene ring substituents is 1. The minimum atomic E-state index is -0.827. The quantitative estimate of drug-likeness (QED) is 0.466. The predicted molar refractivity (Wildman–Crippen MR) is 118 cm³/mol. The Bertz CT molecular complexity index is 1200. The number of hydrogen-bond acceptors (Lipinski definition) is 5. The van der Waals surface area contributed by atoms with E-state index in [1.807, 2.05) is 66.7 Å². The second-order valence-electron chi connectivity index (χ2n) is 8.07. The first kappa shape index (κ1) is 19.2. The van der Waals surface area contributed by atoms with E-state index in [2.05, 4.69) is 0 Å². The van der Waals surface area contributed by atoms with E-state index in [-0.39, 0.29) is 17.4 Å². The van der Waals surface area contributed by atoms with Crippen LogP contribution in [0.2, 0.25) is 0 Å². The highest BCUT2D eigenvalue weighted by Crippen LogP contribution is 2.48. The summed E-state index contributed by atoms with van der Waals surface area (Å²) in [6, 6.07) is 24.2. The van der Waals surface area contributed by atoms with Crippen LogP contribution in [0.1, 0.15) is 39.4 Å². The fraction of sp³-hybridized carbons (Fsp3) is 0.200. The molecule has 2 unspecified atom stereocenters. The third-order valence-electron chi connectivity index (χ3n) is 6.52. The summed E-state index contributed by atoms with van der Waals surface area (Å²) in [6.07, 6.45) is 1.44. The highest BCUT2D eigenvalue weighted by atomic mass is 16.6. The van der Waals surface area contributed by atoms with E-state index in [0.29, 0.717) is 6.42 Å². The Morgan fingerprint density at radius 2 is 1.68 bits per heavy atom. The van der Waals surface area contributed by atoms with Gasteiger partial charge in [-0.2, -0.15) is 5.10 Å². The molecule has 0 saturated carbocycles. The molecule has 31 heavy (non-hydrogen) atoms. The SMILES string of the molecule is CN1N=C(c2ccc([N+](=O)[O-])cc2)C(c2ccccc2)C12CCc1ccccc1C2=O. The number of benzene rings is 3. The Hall–Kier alpha value is -3.80. The number of nitro groups is 1. The molecule has 0 aromatic heterocycles. The molecular weight excluding hydrogens is 390 g/mol. The van der Waals surface area contributed by atoms with Gasteiger partial charge in [-0.3, -0.25) is 19.9 Å². The van der Waals surface area contributed by atoms with E-state index in [0.717, 1.165) is 34.4 Å².